The zero-order chi connectivity index (χ0) is 12.0. The van der Waals surface area contributed by atoms with E-state index in [1.165, 1.54) is 0 Å². The highest BCUT2D eigenvalue weighted by Crippen LogP contribution is 2.07. The Bertz CT molecular complexity index is 337. The molecule has 0 aliphatic carbocycles. The number of nitrogens with two attached hydrogens (primary N) is 1. The molecule has 0 bridgehead atoms. The van der Waals surface area contributed by atoms with Crippen molar-refractivity contribution in [2.24, 2.45) is 5.73 Å². The molecule has 0 spiro atoms. The second kappa shape index (κ2) is 6.12. The summed E-state index contributed by atoms with van der Waals surface area (Å²) < 4.78 is 6.73. The van der Waals surface area contributed by atoms with E-state index in [4.69, 9.17) is 10.5 Å². The first-order chi connectivity index (χ1) is 7.67. The van der Waals surface area contributed by atoms with Crippen LogP contribution in [-0.4, -0.2) is 35.4 Å². The highest BCUT2D eigenvalue weighted by Gasteiger charge is 2.13. The molecule has 0 aromatic carbocycles. The standard InChI is InChI=1S/C10H18N4O2/c1-3-12-9(10(11)15)4-5-14-7-8(16-2)6-13-14/h6-7,9,12H,3-5H2,1-2H3,(H2,11,15). The number of methoxy groups -OCH3 is 1. The van der Waals surface area contributed by atoms with Gasteiger partial charge < -0.3 is 15.8 Å². The van der Waals surface area contributed by atoms with E-state index in [2.05, 4.69) is 10.4 Å². The number of ether oxygens (including phenoxy) is 1. The molecule has 6 heteroatoms. The highest BCUT2D eigenvalue weighted by molar-refractivity contribution is 5.79. The molecule has 0 aliphatic heterocycles. The number of carbonyl (C=O) groups is 1. The van der Waals surface area contributed by atoms with Crippen LogP contribution in [0, 0.1) is 0 Å². The minimum atomic E-state index is -0.332. The van der Waals surface area contributed by atoms with Crippen molar-refractivity contribution in [1.29, 1.82) is 0 Å². The normalized spacial score (nSPS) is 12.4. The topological polar surface area (TPSA) is 82.2 Å². The molecule has 1 unspecified atom stereocenters. The third-order valence-corrected chi connectivity index (χ3v) is 2.29. The fourth-order valence-corrected chi connectivity index (χ4v) is 1.42. The predicted octanol–water partition coefficient (Wildman–Crippen LogP) is -0.255. The molecular weight excluding hydrogens is 208 g/mol. The van der Waals surface area contributed by atoms with Crippen molar-refractivity contribution in [3.05, 3.63) is 12.4 Å². The number of likely N-dealkylation sites (N-methyl/N-ethyl adjacent to an activating group) is 1. The molecule has 1 aromatic rings. The highest BCUT2D eigenvalue weighted by atomic mass is 16.5. The van der Waals surface area contributed by atoms with E-state index in [0.717, 1.165) is 6.54 Å². The Hall–Kier alpha value is -1.56. The van der Waals surface area contributed by atoms with Crippen LogP contribution in [0.2, 0.25) is 0 Å². The van der Waals surface area contributed by atoms with Gasteiger partial charge in [0.1, 0.15) is 0 Å². The number of hydrogen-bond acceptors (Lipinski definition) is 4. The summed E-state index contributed by atoms with van der Waals surface area (Å²) in [7, 11) is 1.59. The van der Waals surface area contributed by atoms with Gasteiger partial charge >= 0.3 is 0 Å². The van der Waals surface area contributed by atoms with Gasteiger partial charge in [0.2, 0.25) is 5.91 Å². The Kier molecular flexibility index (Phi) is 4.78. The zero-order valence-corrected chi connectivity index (χ0v) is 9.64. The summed E-state index contributed by atoms with van der Waals surface area (Å²) >= 11 is 0. The summed E-state index contributed by atoms with van der Waals surface area (Å²) in [5, 5.41) is 7.12. The smallest absolute Gasteiger partial charge is 0.234 e. The van der Waals surface area contributed by atoms with E-state index >= 15 is 0 Å². The van der Waals surface area contributed by atoms with Gasteiger partial charge in [-0.1, -0.05) is 6.92 Å². The fourth-order valence-electron chi connectivity index (χ4n) is 1.42. The second-order valence-electron chi connectivity index (χ2n) is 3.44. The number of rotatable bonds is 7. The van der Waals surface area contributed by atoms with Crippen LogP contribution in [0.1, 0.15) is 13.3 Å². The van der Waals surface area contributed by atoms with Crippen LogP contribution in [-0.2, 0) is 11.3 Å². The Morgan fingerprint density at radius 1 is 1.75 bits per heavy atom. The Morgan fingerprint density at radius 3 is 3.00 bits per heavy atom. The van der Waals surface area contributed by atoms with Gasteiger partial charge in [0, 0.05) is 6.54 Å². The van der Waals surface area contributed by atoms with Crippen molar-refractivity contribution in [1.82, 2.24) is 15.1 Å². The van der Waals surface area contributed by atoms with Gasteiger partial charge in [0.25, 0.3) is 0 Å². The molecule has 16 heavy (non-hydrogen) atoms. The van der Waals surface area contributed by atoms with E-state index in [1.54, 1.807) is 24.2 Å². The molecule has 0 radical (unpaired) electrons. The summed E-state index contributed by atoms with van der Waals surface area (Å²) in [6.45, 7) is 3.28. The lowest BCUT2D eigenvalue weighted by Crippen LogP contribution is -2.41. The average molecular weight is 226 g/mol. The Labute approximate surface area is 94.8 Å². The first-order valence-corrected chi connectivity index (χ1v) is 5.26. The molecule has 1 aromatic heterocycles. The molecule has 6 nitrogen and oxygen atoms in total. The number of aromatic nitrogens is 2. The third kappa shape index (κ3) is 3.54. The lowest BCUT2D eigenvalue weighted by molar-refractivity contribution is -0.120. The fraction of sp³-hybridized carbons (Fsp3) is 0.600. The van der Waals surface area contributed by atoms with E-state index in [9.17, 15) is 4.79 Å². The van der Waals surface area contributed by atoms with Crippen molar-refractivity contribution >= 4 is 5.91 Å². The maximum absolute atomic E-state index is 11.1. The molecule has 1 heterocycles. The van der Waals surface area contributed by atoms with Crippen LogP contribution >= 0.6 is 0 Å². The van der Waals surface area contributed by atoms with E-state index in [0.29, 0.717) is 18.7 Å². The molecule has 1 atom stereocenters. The molecule has 0 saturated carbocycles. The Morgan fingerprint density at radius 2 is 2.50 bits per heavy atom. The summed E-state index contributed by atoms with van der Waals surface area (Å²) in [6, 6.07) is -0.305. The van der Waals surface area contributed by atoms with Gasteiger partial charge in [0.05, 0.1) is 25.5 Å². The van der Waals surface area contributed by atoms with Crippen LogP contribution in [0.3, 0.4) is 0 Å². The van der Waals surface area contributed by atoms with Gasteiger partial charge in [-0.05, 0) is 13.0 Å². The molecule has 1 amide bonds. The summed E-state index contributed by atoms with van der Waals surface area (Å²) in [6.07, 6.45) is 4.03. The molecular formula is C10H18N4O2. The van der Waals surface area contributed by atoms with Gasteiger partial charge in [-0.25, -0.2) is 0 Å². The summed E-state index contributed by atoms with van der Waals surface area (Å²) in [4.78, 5) is 11.1. The number of primary amides is 1. The minimum absolute atomic E-state index is 0.305. The SMILES string of the molecule is CCNC(CCn1cc(OC)cn1)C(N)=O. The van der Waals surface area contributed by atoms with Crippen molar-refractivity contribution in [2.45, 2.75) is 25.9 Å². The summed E-state index contributed by atoms with van der Waals surface area (Å²) in [5.74, 6) is 0.375. The minimum Gasteiger partial charge on any atom is -0.493 e. The molecule has 1 rings (SSSR count). The quantitative estimate of drug-likeness (QED) is 0.671. The number of nitrogens with one attached hydrogen (secondary N) is 1. The van der Waals surface area contributed by atoms with Crippen LogP contribution in [0.5, 0.6) is 5.75 Å². The van der Waals surface area contributed by atoms with Crippen molar-refractivity contribution in [3.8, 4) is 5.75 Å². The molecule has 90 valence electrons. The first kappa shape index (κ1) is 12.5. The van der Waals surface area contributed by atoms with Crippen molar-refractivity contribution in [2.75, 3.05) is 13.7 Å². The average Bonchev–Trinajstić information content (AvgIpc) is 2.71. The monoisotopic (exact) mass is 226 g/mol. The van der Waals surface area contributed by atoms with E-state index in [1.807, 2.05) is 6.92 Å². The third-order valence-electron chi connectivity index (χ3n) is 2.29. The van der Waals surface area contributed by atoms with Crippen molar-refractivity contribution < 1.29 is 9.53 Å². The summed E-state index contributed by atoms with van der Waals surface area (Å²) in [5.41, 5.74) is 5.26. The maximum atomic E-state index is 11.1. The van der Waals surface area contributed by atoms with Gasteiger partial charge in [-0.3, -0.25) is 9.48 Å². The lowest BCUT2D eigenvalue weighted by atomic mass is 10.2. The Balaban J connectivity index is 2.45. The predicted molar refractivity (Wildman–Crippen MR) is 60.1 cm³/mol. The van der Waals surface area contributed by atoms with Gasteiger partial charge in [-0.2, -0.15) is 5.10 Å². The second-order valence-corrected chi connectivity index (χ2v) is 3.44. The number of hydrogen-bond donors (Lipinski definition) is 2. The maximum Gasteiger partial charge on any atom is 0.234 e. The number of amides is 1. The van der Waals surface area contributed by atoms with E-state index in [-0.39, 0.29) is 11.9 Å². The molecule has 0 aliphatic rings. The number of carbonyl (C=O) groups excluding carboxylic acids is 1. The molecule has 3 N–H and O–H groups in total. The number of aryl methyl sites for hydroxylation is 1. The van der Waals surface area contributed by atoms with E-state index < -0.39 is 0 Å². The van der Waals surface area contributed by atoms with Gasteiger partial charge in [-0.15, -0.1) is 0 Å². The van der Waals surface area contributed by atoms with Crippen LogP contribution in [0.15, 0.2) is 12.4 Å². The first-order valence-electron chi connectivity index (χ1n) is 5.26. The molecule has 0 saturated heterocycles. The lowest BCUT2D eigenvalue weighted by Gasteiger charge is -2.13. The van der Waals surface area contributed by atoms with Gasteiger partial charge in [0.15, 0.2) is 5.75 Å². The zero-order valence-electron chi connectivity index (χ0n) is 9.64. The largest absolute Gasteiger partial charge is 0.493 e. The number of nitrogens with zero attached hydrogens (tertiary/aromatic N) is 2. The van der Waals surface area contributed by atoms with Crippen LogP contribution < -0.4 is 15.8 Å². The van der Waals surface area contributed by atoms with Crippen molar-refractivity contribution in [3.63, 3.8) is 0 Å². The molecule has 0 fully saturated rings. The van der Waals surface area contributed by atoms with Crippen LogP contribution in [0.25, 0.3) is 0 Å². The van der Waals surface area contributed by atoms with Crippen LogP contribution in [0.4, 0.5) is 0 Å².